The van der Waals surface area contributed by atoms with Crippen molar-refractivity contribution in [3.05, 3.63) is 29.6 Å². The fourth-order valence-corrected chi connectivity index (χ4v) is 3.12. The summed E-state index contributed by atoms with van der Waals surface area (Å²) >= 11 is 0. The predicted octanol–water partition coefficient (Wildman–Crippen LogP) is 3.12. The van der Waals surface area contributed by atoms with Gasteiger partial charge in [0, 0.05) is 18.2 Å². The number of phenolic OH excluding ortho intramolecular Hbond substituents is 1. The molecule has 3 unspecified atom stereocenters. The van der Waals surface area contributed by atoms with Gasteiger partial charge in [-0.15, -0.1) is 0 Å². The number of rotatable bonds is 4. The van der Waals surface area contributed by atoms with E-state index >= 15 is 0 Å². The maximum atomic E-state index is 13.2. The average Bonchev–Trinajstić information content (AvgIpc) is 2.39. The molecule has 0 bridgehead atoms. The molecule has 1 saturated carbocycles. The SMILES string of the molecule is CC1CCCC(O)(CNC(C)c2cc(F)ccc2O)C1. The lowest BCUT2D eigenvalue weighted by molar-refractivity contribution is -0.0134. The van der Waals surface area contributed by atoms with Crippen molar-refractivity contribution in [1.29, 1.82) is 0 Å². The molecule has 1 aromatic rings. The number of phenols is 1. The van der Waals surface area contributed by atoms with E-state index in [2.05, 4.69) is 12.2 Å². The van der Waals surface area contributed by atoms with Crippen molar-refractivity contribution in [2.75, 3.05) is 6.54 Å². The molecule has 3 nitrogen and oxygen atoms in total. The zero-order valence-electron chi connectivity index (χ0n) is 12.2. The Balaban J connectivity index is 1.97. The molecule has 1 aliphatic carbocycles. The second kappa shape index (κ2) is 6.10. The Morgan fingerprint density at radius 3 is 2.95 bits per heavy atom. The van der Waals surface area contributed by atoms with Crippen molar-refractivity contribution in [3.63, 3.8) is 0 Å². The van der Waals surface area contributed by atoms with Gasteiger partial charge in [0.25, 0.3) is 0 Å². The molecule has 1 fully saturated rings. The van der Waals surface area contributed by atoms with Crippen LogP contribution in [0.3, 0.4) is 0 Å². The molecular weight excluding hydrogens is 257 g/mol. The first-order chi connectivity index (χ1) is 9.39. The standard InChI is InChI=1S/C16H24FNO2/c1-11-4-3-7-16(20,9-11)10-18-12(2)14-8-13(17)5-6-15(14)19/h5-6,8,11-12,18-20H,3-4,7,9-10H2,1-2H3. The third-order valence-corrected chi connectivity index (χ3v) is 4.26. The molecule has 1 aromatic carbocycles. The third-order valence-electron chi connectivity index (χ3n) is 4.26. The van der Waals surface area contributed by atoms with Crippen LogP contribution < -0.4 is 5.32 Å². The summed E-state index contributed by atoms with van der Waals surface area (Å²) in [6.07, 6.45) is 3.80. The minimum absolute atomic E-state index is 0.0791. The number of hydrogen-bond donors (Lipinski definition) is 3. The van der Waals surface area contributed by atoms with Crippen LogP contribution in [0.25, 0.3) is 0 Å². The first-order valence-corrected chi connectivity index (χ1v) is 7.34. The zero-order chi connectivity index (χ0) is 14.8. The highest BCUT2D eigenvalue weighted by Gasteiger charge is 2.32. The highest BCUT2D eigenvalue weighted by molar-refractivity contribution is 5.34. The van der Waals surface area contributed by atoms with E-state index in [1.807, 2.05) is 6.92 Å². The summed E-state index contributed by atoms with van der Waals surface area (Å²) in [6.45, 7) is 4.49. The van der Waals surface area contributed by atoms with E-state index < -0.39 is 5.60 Å². The van der Waals surface area contributed by atoms with Crippen LogP contribution in [0.4, 0.5) is 4.39 Å². The van der Waals surface area contributed by atoms with Crippen molar-refractivity contribution >= 4 is 0 Å². The van der Waals surface area contributed by atoms with Crippen LogP contribution in [0.5, 0.6) is 5.75 Å². The first-order valence-electron chi connectivity index (χ1n) is 7.34. The van der Waals surface area contributed by atoms with Gasteiger partial charge in [0.05, 0.1) is 5.60 Å². The summed E-state index contributed by atoms with van der Waals surface area (Å²) in [5, 5.41) is 23.6. The van der Waals surface area contributed by atoms with Gasteiger partial charge in [0.15, 0.2) is 0 Å². The Morgan fingerprint density at radius 1 is 1.50 bits per heavy atom. The molecule has 20 heavy (non-hydrogen) atoms. The molecule has 3 atom stereocenters. The average molecular weight is 281 g/mol. The summed E-state index contributed by atoms with van der Waals surface area (Å²) in [7, 11) is 0. The van der Waals surface area contributed by atoms with Gasteiger partial charge in [-0.25, -0.2) is 4.39 Å². The lowest BCUT2D eigenvalue weighted by atomic mass is 9.79. The number of nitrogens with one attached hydrogen (secondary N) is 1. The molecule has 0 aromatic heterocycles. The van der Waals surface area contributed by atoms with Crippen LogP contribution in [0.2, 0.25) is 0 Å². The summed E-state index contributed by atoms with van der Waals surface area (Å²) in [5.41, 5.74) is -0.160. The highest BCUT2D eigenvalue weighted by Crippen LogP contribution is 2.32. The van der Waals surface area contributed by atoms with E-state index in [4.69, 9.17) is 0 Å². The number of benzene rings is 1. The van der Waals surface area contributed by atoms with Crippen molar-refractivity contribution in [3.8, 4) is 5.75 Å². The van der Waals surface area contributed by atoms with E-state index in [1.54, 1.807) is 0 Å². The topological polar surface area (TPSA) is 52.5 Å². The molecule has 0 radical (unpaired) electrons. The second-order valence-electron chi connectivity index (χ2n) is 6.23. The fourth-order valence-electron chi connectivity index (χ4n) is 3.12. The van der Waals surface area contributed by atoms with E-state index in [9.17, 15) is 14.6 Å². The number of hydrogen-bond acceptors (Lipinski definition) is 3. The predicted molar refractivity (Wildman–Crippen MR) is 77.1 cm³/mol. The quantitative estimate of drug-likeness (QED) is 0.795. The molecule has 0 amide bonds. The van der Waals surface area contributed by atoms with Crippen molar-refractivity contribution in [1.82, 2.24) is 5.32 Å². The Labute approximate surface area is 119 Å². The molecule has 0 heterocycles. The lowest BCUT2D eigenvalue weighted by Gasteiger charge is -2.36. The minimum Gasteiger partial charge on any atom is -0.508 e. The fraction of sp³-hybridized carbons (Fsp3) is 0.625. The van der Waals surface area contributed by atoms with Crippen molar-refractivity contribution < 1.29 is 14.6 Å². The summed E-state index contributed by atoms with van der Waals surface area (Å²) < 4.78 is 13.2. The number of halogens is 1. The molecule has 0 spiro atoms. The largest absolute Gasteiger partial charge is 0.508 e. The van der Waals surface area contributed by atoms with Crippen molar-refractivity contribution in [2.45, 2.75) is 51.2 Å². The smallest absolute Gasteiger partial charge is 0.123 e. The molecular formula is C16H24FNO2. The molecule has 0 aliphatic heterocycles. The Kier molecular flexibility index (Phi) is 4.66. The van der Waals surface area contributed by atoms with Crippen molar-refractivity contribution in [2.24, 2.45) is 5.92 Å². The summed E-state index contributed by atoms with van der Waals surface area (Å²) in [4.78, 5) is 0. The van der Waals surface area contributed by atoms with Crippen LogP contribution in [0.1, 0.15) is 51.1 Å². The summed E-state index contributed by atoms with van der Waals surface area (Å²) in [5.74, 6) is 0.250. The van der Waals surface area contributed by atoms with Gasteiger partial charge in [-0.05, 0) is 43.9 Å². The van der Waals surface area contributed by atoms with E-state index in [0.29, 0.717) is 18.0 Å². The van der Waals surface area contributed by atoms with Gasteiger partial charge in [-0.2, -0.15) is 0 Å². The van der Waals surface area contributed by atoms with Crippen LogP contribution in [0.15, 0.2) is 18.2 Å². The van der Waals surface area contributed by atoms with E-state index in [0.717, 1.165) is 19.3 Å². The minimum atomic E-state index is -0.686. The number of aliphatic hydroxyl groups is 1. The maximum absolute atomic E-state index is 13.2. The molecule has 2 rings (SSSR count). The van der Waals surface area contributed by atoms with Gasteiger partial charge >= 0.3 is 0 Å². The van der Waals surface area contributed by atoms with Crippen LogP contribution >= 0.6 is 0 Å². The van der Waals surface area contributed by atoms with Crippen LogP contribution in [0, 0.1) is 11.7 Å². The normalized spacial score (nSPS) is 28.3. The Hall–Kier alpha value is -1.13. The molecule has 3 N–H and O–H groups in total. The second-order valence-corrected chi connectivity index (χ2v) is 6.23. The van der Waals surface area contributed by atoms with E-state index in [-0.39, 0.29) is 17.6 Å². The number of aromatic hydroxyl groups is 1. The van der Waals surface area contributed by atoms with Gasteiger partial charge in [-0.3, -0.25) is 0 Å². The molecule has 0 saturated heterocycles. The molecule has 1 aliphatic rings. The first kappa shape index (κ1) is 15.3. The van der Waals surface area contributed by atoms with Crippen LogP contribution in [-0.2, 0) is 0 Å². The summed E-state index contributed by atoms with van der Waals surface area (Å²) in [6, 6.07) is 3.73. The van der Waals surface area contributed by atoms with Gasteiger partial charge in [0.1, 0.15) is 11.6 Å². The Morgan fingerprint density at radius 2 is 2.25 bits per heavy atom. The van der Waals surface area contributed by atoms with Gasteiger partial charge < -0.3 is 15.5 Å². The van der Waals surface area contributed by atoms with Crippen LogP contribution in [-0.4, -0.2) is 22.4 Å². The zero-order valence-corrected chi connectivity index (χ0v) is 12.2. The highest BCUT2D eigenvalue weighted by atomic mass is 19.1. The lowest BCUT2D eigenvalue weighted by Crippen LogP contribution is -2.44. The third kappa shape index (κ3) is 3.70. The monoisotopic (exact) mass is 281 g/mol. The molecule has 112 valence electrons. The van der Waals surface area contributed by atoms with Gasteiger partial charge in [-0.1, -0.05) is 19.8 Å². The maximum Gasteiger partial charge on any atom is 0.123 e. The van der Waals surface area contributed by atoms with E-state index in [1.165, 1.54) is 24.6 Å². The van der Waals surface area contributed by atoms with Gasteiger partial charge in [0.2, 0.25) is 0 Å². The Bertz CT molecular complexity index is 466. The molecule has 4 heteroatoms.